The summed E-state index contributed by atoms with van der Waals surface area (Å²) in [6, 6.07) is 0. The number of methoxy groups -OCH3 is 1. The molecular weight excluding hydrogens is 215 g/mol. The Bertz CT molecular complexity index is 260. The molecule has 0 aliphatic carbocycles. The Morgan fingerprint density at radius 1 is 1.40 bits per heavy atom. The number of esters is 1. The minimum atomic E-state index is -4.81. The molecule has 0 aromatic heterocycles. The molecule has 0 saturated carbocycles. The van der Waals surface area contributed by atoms with Gasteiger partial charge in [-0.15, -0.1) is 0 Å². The predicted molar refractivity (Wildman–Crippen MR) is 45.7 cm³/mol. The second-order valence-corrected chi connectivity index (χ2v) is 2.54. The number of aliphatic imine (C=N–C) groups is 1. The van der Waals surface area contributed by atoms with Crippen LogP contribution in [0.25, 0.3) is 0 Å². The van der Waals surface area contributed by atoms with Crippen molar-refractivity contribution in [2.75, 3.05) is 13.7 Å². The zero-order valence-electron chi connectivity index (χ0n) is 8.00. The van der Waals surface area contributed by atoms with Gasteiger partial charge in [0.15, 0.2) is 0 Å². The quantitative estimate of drug-likeness (QED) is 0.520. The van der Waals surface area contributed by atoms with Gasteiger partial charge in [0.1, 0.15) is 0 Å². The van der Waals surface area contributed by atoms with Gasteiger partial charge in [-0.05, 0) is 0 Å². The Balaban J connectivity index is 3.71. The van der Waals surface area contributed by atoms with Crippen LogP contribution in [0.3, 0.4) is 0 Å². The van der Waals surface area contributed by atoms with Gasteiger partial charge in [-0.2, -0.15) is 13.2 Å². The third-order valence-corrected chi connectivity index (χ3v) is 1.40. The molecule has 0 aromatic rings. The Morgan fingerprint density at radius 3 is 2.47 bits per heavy atom. The summed E-state index contributed by atoms with van der Waals surface area (Å²) in [7, 11) is 1.18. The lowest BCUT2D eigenvalue weighted by molar-refractivity contribution is -0.170. The van der Waals surface area contributed by atoms with E-state index in [0.29, 0.717) is 0 Å². The summed E-state index contributed by atoms with van der Waals surface area (Å²) in [5.41, 5.74) is 0. The lowest BCUT2D eigenvalue weighted by Crippen LogP contribution is -2.23. The molecule has 0 rings (SSSR count). The number of rotatable bonds is 5. The zero-order valence-corrected chi connectivity index (χ0v) is 8.00. The van der Waals surface area contributed by atoms with Crippen molar-refractivity contribution in [2.24, 2.45) is 4.99 Å². The first-order valence-corrected chi connectivity index (χ1v) is 4.03. The zero-order chi connectivity index (χ0) is 11.9. The number of halogens is 3. The van der Waals surface area contributed by atoms with E-state index >= 15 is 0 Å². The number of ketones is 1. The smallest absolute Gasteiger partial charge is 0.450 e. The molecule has 0 atom stereocenters. The van der Waals surface area contributed by atoms with E-state index in [9.17, 15) is 22.8 Å². The maximum Gasteiger partial charge on any atom is 0.450 e. The van der Waals surface area contributed by atoms with Crippen LogP contribution in [0.2, 0.25) is 0 Å². The van der Waals surface area contributed by atoms with Gasteiger partial charge in [0.25, 0.3) is 0 Å². The predicted octanol–water partition coefficient (Wildman–Crippen LogP) is 1.14. The van der Waals surface area contributed by atoms with E-state index in [4.69, 9.17) is 0 Å². The first kappa shape index (κ1) is 13.6. The van der Waals surface area contributed by atoms with E-state index in [2.05, 4.69) is 9.73 Å². The molecule has 86 valence electrons. The first-order valence-electron chi connectivity index (χ1n) is 4.03. The van der Waals surface area contributed by atoms with Crippen molar-refractivity contribution < 1.29 is 27.5 Å². The molecule has 0 aliphatic heterocycles. The van der Waals surface area contributed by atoms with E-state index in [1.54, 1.807) is 0 Å². The summed E-state index contributed by atoms with van der Waals surface area (Å²) in [4.78, 5) is 24.3. The Kier molecular flexibility index (Phi) is 5.58. The van der Waals surface area contributed by atoms with Gasteiger partial charge in [-0.1, -0.05) is 0 Å². The van der Waals surface area contributed by atoms with Crippen LogP contribution >= 0.6 is 0 Å². The summed E-state index contributed by atoms with van der Waals surface area (Å²) in [5, 5.41) is 0. The Morgan fingerprint density at radius 2 is 2.00 bits per heavy atom. The van der Waals surface area contributed by atoms with Crippen molar-refractivity contribution in [1.82, 2.24) is 0 Å². The van der Waals surface area contributed by atoms with E-state index < -0.39 is 24.3 Å². The fourth-order valence-corrected chi connectivity index (χ4v) is 0.622. The molecular formula is C8H10F3NO3. The average molecular weight is 225 g/mol. The molecule has 0 aliphatic rings. The third-order valence-electron chi connectivity index (χ3n) is 1.40. The molecule has 0 saturated heterocycles. The van der Waals surface area contributed by atoms with Crippen LogP contribution in [0.15, 0.2) is 4.99 Å². The monoisotopic (exact) mass is 225 g/mol. The van der Waals surface area contributed by atoms with Crippen molar-refractivity contribution in [3.05, 3.63) is 0 Å². The van der Waals surface area contributed by atoms with Crippen molar-refractivity contribution in [2.45, 2.75) is 19.0 Å². The van der Waals surface area contributed by atoms with Crippen LogP contribution in [0.5, 0.6) is 0 Å². The molecule has 0 radical (unpaired) electrons. The number of ether oxygens (including phenoxy) is 1. The Labute approximate surface area is 84.1 Å². The highest BCUT2D eigenvalue weighted by atomic mass is 19.4. The van der Waals surface area contributed by atoms with Gasteiger partial charge in [0.05, 0.1) is 13.5 Å². The molecule has 0 amide bonds. The topological polar surface area (TPSA) is 55.7 Å². The molecule has 0 heterocycles. The summed E-state index contributed by atoms with van der Waals surface area (Å²) in [6.45, 7) is -0.282. The Hall–Kier alpha value is -1.40. The van der Waals surface area contributed by atoms with E-state index in [1.165, 1.54) is 7.11 Å². The van der Waals surface area contributed by atoms with Crippen LogP contribution in [0.4, 0.5) is 13.2 Å². The van der Waals surface area contributed by atoms with Gasteiger partial charge >= 0.3 is 12.1 Å². The summed E-state index contributed by atoms with van der Waals surface area (Å²) in [6.07, 6.45) is -4.51. The number of carbonyl (C=O) groups is 2. The third kappa shape index (κ3) is 6.64. The molecule has 0 unspecified atom stereocenters. The van der Waals surface area contributed by atoms with Crippen LogP contribution in [0, 0.1) is 0 Å². The molecule has 4 nitrogen and oxygen atoms in total. The average Bonchev–Trinajstić information content (AvgIpc) is 2.15. The SMILES string of the molecule is COC(=O)CC=NCCC(=O)C(F)(F)F. The summed E-state index contributed by atoms with van der Waals surface area (Å²) >= 11 is 0. The molecule has 0 spiro atoms. The highest BCUT2D eigenvalue weighted by Gasteiger charge is 2.37. The molecule has 0 N–H and O–H groups in total. The van der Waals surface area contributed by atoms with Crippen molar-refractivity contribution in [3.8, 4) is 0 Å². The number of hydrogen-bond acceptors (Lipinski definition) is 4. The maximum absolute atomic E-state index is 11.7. The number of hydrogen-bond donors (Lipinski definition) is 0. The van der Waals surface area contributed by atoms with Crippen LogP contribution in [-0.2, 0) is 14.3 Å². The second-order valence-electron chi connectivity index (χ2n) is 2.54. The second kappa shape index (κ2) is 6.15. The summed E-state index contributed by atoms with van der Waals surface area (Å²) < 4.78 is 39.3. The van der Waals surface area contributed by atoms with Crippen LogP contribution in [-0.4, -0.2) is 37.8 Å². The standard InChI is InChI=1S/C8H10F3NO3/c1-15-7(14)3-5-12-4-2-6(13)8(9,10)11/h5H,2-4H2,1H3. The summed E-state index contributed by atoms with van der Waals surface area (Å²) in [5.74, 6) is -2.36. The van der Waals surface area contributed by atoms with Crippen molar-refractivity contribution >= 4 is 18.0 Å². The van der Waals surface area contributed by atoms with Crippen molar-refractivity contribution in [1.29, 1.82) is 0 Å². The lowest BCUT2D eigenvalue weighted by Gasteiger charge is -2.01. The van der Waals surface area contributed by atoms with Gasteiger partial charge in [0.2, 0.25) is 5.78 Å². The highest BCUT2D eigenvalue weighted by Crippen LogP contribution is 2.17. The van der Waals surface area contributed by atoms with Gasteiger partial charge < -0.3 is 4.74 Å². The first-order chi connectivity index (χ1) is 6.88. The number of alkyl halides is 3. The molecule has 0 fully saturated rings. The van der Waals surface area contributed by atoms with Crippen LogP contribution in [0.1, 0.15) is 12.8 Å². The number of Topliss-reactive ketones (excluding diaryl/α,β-unsaturated/α-hetero) is 1. The van der Waals surface area contributed by atoms with Gasteiger partial charge in [-0.3, -0.25) is 14.6 Å². The van der Waals surface area contributed by atoms with Gasteiger partial charge in [-0.25, -0.2) is 0 Å². The van der Waals surface area contributed by atoms with Gasteiger partial charge in [0, 0.05) is 19.2 Å². The molecule has 15 heavy (non-hydrogen) atoms. The molecule has 0 aromatic carbocycles. The van der Waals surface area contributed by atoms with E-state index in [-0.39, 0.29) is 13.0 Å². The molecule has 0 bridgehead atoms. The minimum Gasteiger partial charge on any atom is -0.469 e. The van der Waals surface area contributed by atoms with E-state index in [0.717, 1.165) is 6.21 Å². The fraction of sp³-hybridized carbons (Fsp3) is 0.625. The number of carbonyl (C=O) groups excluding carboxylic acids is 2. The normalized spacial score (nSPS) is 11.7. The minimum absolute atomic E-state index is 0.114. The largest absolute Gasteiger partial charge is 0.469 e. The van der Waals surface area contributed by atoms with E-state index in [1.807, 2.05) is 0 Å². The van der Waals surface area contributed by atoms with Crippen molar-refractivity contribution in [3.63, 3.8) is 0 Å². The lowest BCUT2D eigenvalue weighted by atomic mass is 10.3. The maximum atomic E-state index is 11.7. The molecule has 7 heteroatoms. The fourth-order valence-electron chi connectivity index (χ4n) is 0.622. The van der Waals surface area contributed by atoms with Crippen LogP contribution < -0.4 is 0 Å². The highest BCUT2D eigenvalue weighted by molar-refractivity contribution is 5.86. The number of nitrogens with zero attached hydrogens (tertiary/aromatic N) is 1.